The highest BCUT2D eigenvalue weighted by Gasteiger charge is 2.20. The Morgan fingerprint density at radius 2 is 2.50 bits per heavy atom. The fraction of sp³-hybridized carbons (Fsp3) is 0.727. The van der Waals surface area contributed by atoms with Crippen molar-refractivity contribution >= 4 is 11.3 Å². The summed E-state index contributed by atoms with van der Waals surface area (Å²) in [6.07, 6.45) is 3.71. The Kier molecular flexibility index (Phi) is 3.19. The van der Waals surface area contributed by atoms with Crippen LogP contribution in [0, 0.1) is 0 Å². The number of hydrogen-bond acceptors (Lipinski definition) is 3. The Morgan fingerprint density at radius 3 is 3.14 bits per heavy atom. The molecule has 1 aliphatic rings. The number of aryl methyl sites for hydroxylation is 1. The Labute approximate surface area is 90.0 Å². The first-order valence-corrected chi connectivity index (χ1v) is 6.30. The fourth-order valence-corrected chi connectivity index (χ4v) is 2.91. The summed E-state index contributed by atoms with van der Waals surface area (Å²) in [5, 5.41) is 3.54. The Bertz CT molecular complexity index is 295. The molecule has 1 aliphatic heterocycles. The van der Waals surface area contributed by atoms with Crippen LogP contribution in [0.2, 0.25) is 0 Å². The zero-order valence-corrected chi connectivity index (χ0v) is 9.81. The second kappa shape index (κ2) is 4.41. The summed E-state index contributed by atoms with van der Waals surface area (Å²) in [6, 6.07) is 0. The van der Waals surface area contributed by atoms with Crippen molar-refractivity contribution in [1.82, 2.24) is 9.88 Å². The van der Waals surface area contributed by atoms with Gasteiger partial charge in [0.05, 0.1) is 10.7 Å². The molecule has 0 aromatic carbocycles. The zero-order valence-electron chi connectivity index (χ0n) is 8.99. The SMILES string of the molecule is CCc1nc(C2CCCN(C)C2)cs1. The third kappa shape index (κ3) is 2.15. The van der Waals surface area contributed by atoms with Gasteiger partial charge in [-0.1, -0.05) is 6.92 Å². The molecule has 1 unspecified atom stereocenters. The quantitative estimate of drug-likeness (QED) is 0.745. The molecule has 0 saturated carbocycles. The number of piperidine rings is 1. The minimum Gasteiger partial charge on any atom is -0.306 e. The summed E-state index contributed by atoms with van der Waals surface area (Å²) < 4.78 is 0. The molecule has 0 spiro atoms. The van der Waals surface area contributed by atoms with Crippen molar-refractivity contribution < 1.29 is 0 Å². The number of likely N-dealkylation sites (tertiary alicyclic amines) is 1. The highest BCUT2D eigenvalue weighted by molar-refractivity contribution is 7.09. The molecule has 1 saturated heterocycles. The third-order valence-corrected chi connectivity index (χ3v) is 3.93. The van der Waals surface area contributed by atoms with Gasteiger partial charge in [-0.3, -0.25) is 0 Å². The second-order valence-corrected chi connectivity index (χ2v) is 5.06. The van der Waals surface area contributed by atoms with Gasteiger partial charge in [0.25, 0.3) is 0 Å². The maximum absolute atomic E-state index is 4.68. The topological polar surface area (TPSA) is 16.1 Å². The van der Waals surface area contributed by atoms with Crippen LogP contribution in [0.5, 0.6) is 0 Å². The largest absolute Gasteiger partial charge is 0.306 e. The van der Waals surface area contributed by atoms with Gasteiger partial charge >= 0.3 is 0 Å². The molecule has 0 aliphatic carbocycles. The van der Waals surface area contributed by atoms with Crippen LogP contribution in [0.3, 0.4) is 0 Å². The molecule has 1 aromatic heterocycles. The molecular formula is C11H18N2S. The lowest BCUT2D eigenvalue weighted by atomic mass is 9.96. The smallest absolute Gasteiger partial charge is 0.0925 e. The number of aromatic nitrogens is 1. The highest BCUT2D eigenvalue weighted by atomic mass is 32.1. The summed E-state index contributed by atoms with van der Waals surface area (Å²) in [5.74, 6) is 0.685. The van der Waals surface area contributed by atoms with Crippen molar-refractivity contribution in [3.63, 3.8) is 0 Å². The predicted octanol–water partition coefficient (Wildman–Crippen LogP) is 2.51. The maximum Gasteiger partial charge on any atom is 0.0925 e. The van der Waals surface area contributed by atoms with E-state index in [1.165, 1.54) is 36.6 Å². The summed E-state index contributed by atoms with van der Waals surface area (Å²) >= 11 is 1.81. The Hall–Kier alpha value is -0.410. The molecule has 1 atom stereocenters. The van der Waals surface area contributed by atoms with Crippen LogP contribution in [-0.4, -0.2) is 30.0 Å². The van der Waals surface area contributed by atoms with E-state index < -0.39 is 0 Å². The molecule has 0 bridgehead atoms. The van der Waals surface area contributed by atoms with Gasteiger partial charge in [0.2, 0.25) is 0 Å². The van der Waals surface area contributed by atoms with Crippen molar-refractivity contribution in [2.45, 2.75) is 32.1 Å². The summed E-state index contributed by atoms with van der Waals surface area (Å²) in [6.45, 7) is 4.61. The highest BCUT2D eigenvalue weighted by Crippen LogP contribution is 2.27. The predicted molar refractivity (Wildman–Crippen MR) is 61.0 cm³/mol. The average Bonchev–Trinajstić information content (AvgIpc) is 2.66. The van der Waals surface area contributed by atoms with E-state index in [9.17, 15) is 0 Å². The van der Waals surface area contributed by atoms with E-state index >= 15 is 0 Å². The summed E-state index contributed by atoms with van der Waals surface area (Å²) in [4.78, 5) is 7.09. The molecule has 1 fully saturated rings. The first-order valence-electron chi connectivity index (χ1n) is 5.42. The van der Waals surface area contributed by atoms with E-state index in [4.69, 9.17) is 0 Å². The molecule has 3 heteroatoms. The molecular weight excluding hydrogens is 192 g/mol. The third-order valence-electron chi connectivity index (χ3n) is 2.91. The van der Waals surface area contributed by atoms with Crippen LogP contribution in [0.25, 0.3) is 0 Å². The molecule has 2 nitrogen and oxygen atoms in total. The first-order chi connectivity index (χ1) is 6.79. The van der Waals surface area contributed by atoms with Crippen LogP contribution >= 0.6 is 11.3 Å². The van der Waals surface area contributed by atoms with Gasteiger partial charge < -0.3 is 4.90 Å². The van der Waals surface area contributed by atoms with Gasteiger partial charge in [-0.25, -0.2) is 4.98 Å². The van der Waals surface area contributed by atoms with E-state index in [1.54, 1.807) is 0 Å². The van der Waals surface area contributed by atoms with Crippen molar-refractivity contribution in [1.29, 1.82) is 0 Å². The number of rotatable bonds is 2. The number of hydrogen-bond donors (Lipinski definition) is 0. The van der Waals surface area contributed by atoms with Crippen LogP contribution in [0.15, 0.2) is 5.38 Å². The zero-order chi connectivity index (χ0) is 9.97. The first kappa shape index (κ1) is 10.1. The lowest BCUT2D eigenvalue weighted by Gasteiger charge is -2.28. The molecule has 14 heavy (non-hydrogen) atoms. The maximum atomic E-state index is 4.68. The molecule has 0 N–H and O–H groups in total. The van der Waals surface area contributed by atoms with Gasteiger partial charge in [0.15, 0.2) is 0 Å². The van der Waals surface area contributed by atoms with Gasteiger partial charge in [0, 0.05) is 17.8 Å². The molecule has 0 radical (unpaired) electrons. The lowest BCUT2D eigenvalue weighted by molar-refractivity contribution is 0.249. The Morgan fingerprint density at radius 1 is 1.64 bits per heavy atom. The van der Waals surface area contributed by atoms with E-state index in [2.05, 4.69) is 29.2 Å². The molecule has 78 valence electrons. The summed E-state index contributed by atoms with van der Waals surface area (Å²) in [7, 11) is 2.21. The molecule has 0 amide bonds. The van der Waals surface area contributed by atoms with Crippen molar-refractivity contribution in [2.75, 3.05) is 20.1 Å². The lowest BCUT2D eigenvalue weighted by Crippen LogP contribution is -2.30. The van der Waals surface area contributed by atoms with Crippen LogP contribution in [-0.2, 0) is 6.42 Å². The van der Waals surface area contributed by atoms with Crippen LogP contribution in [0.4, 0.5) is 0 Å². The average molecular weight is 210 g/mol. The van der Waals surface area contributed by atoms with E-state index in [0.29, 0.717) is 5.92 Å². The minimum atomic E-state index is 0.685. The van der Waals surface area contributed by atoms with Gasteiger partial charge in [-0.2, -0.15) is 0 Å². The van der Waals surface area contributed by atoms with Crippen molar-refractivity contribution in [3.05, 3.63) is 16.1 Å². The van der Waals surface area contributed by atoms with Gasteiger partial charge in [0.1, 0.15) is 0 Å². The van der Waals surface area contributed by atoms with Crippen LogP contribution < -0.4 is 0 Å². The van der Waals surface area contributed by atoms with E-state index in [0.717, 1.165) is 6.42 Å². The molecule has 2 heterocycles. The van der Waals surface area contributed by atoms with Crippen molar-refractivity contribution in [2.24, 2.45) is 0 Å². The summed E-state index contributed by atoms with van der Waals surface area (Å²) in [5.41, 5.74) is 1.33. The van der Waals surface area contributed by atoms with E-state index in [-0.39, 0.29) is 0 Å². The molecule has 2 rings (SSSR count). The monoisotopic (exact) mass is 210 g/mol. The fourth-order valence-electron chi connectivity index (χ4n) is 2.08. The Balaban J connectivity index is 2.06. The van der Waals surface area contributed by atoms with Gasteiger partial charge in [-0.05, 0) is 32.9 Å². The number of likely N-dealkylation sites (N-methyl/N-ethyl adjacent to an activating group) is 1. The minimum absolute atomic E-state index is 0.685. The standard InChI is InChI=1S/C11H18N2S/c1-3-11-12-10(8-14-11)9-5-4-6-13(2)7-9/h8-9H,3-7H2,1-2H3. The van der Waals surface area contributed by atoms with Gasteiger partial charge in [-0.15, -0.1) is 11.3 Å². The van der Waals surface area contributed by atoms with E-state index in [1.807, 2.05) is 11.3 Å². The van der Waals surface area contributed by atoms with Crippen LogP contribution in [0.1, 0.15) is 36.4 Å². The second-order valence-electron chi connectivity index (χ2n) is 4.12. The van der Waals surface area contributed by atoms with Crippen molar-refractivity contribution in [3.8, 4) is 0 Å². The number of thiazole rings is 1. The number of nitrogens with zero attached hydrogens (tertiary/aromatic N) is 2. The molecule has 1 aromatic rings. The normalized spacial score (nSPS) is 24.0.